The minimum atomic E-state index is -0.113. The summed E-state index contributed by atoms with van der Waals surface area (Å²) >= 11 is 0. The second kappa shape index (κ2) is 6.25. The summed E-state index contributed by atoms with van der Waals surface area (Å²) in [5, 5.41) is 0.993. The lowest BCUT2D eigenvalue weighted by Crippen LogP contribution is -2.21. The molecule has 0 spiro atoms. The van der Waals surface area contributed by atoms with Gasteiger partial charge in [0.25, 0.3) is 5.56 Å². The molecule has 2 aromatic heterocycles. The van der Waals surface area contributed by atoms with Gasteiger partial charge in [-0.25, -0.2) is 9.55 Å². The average Bonchev–Trinajstić information content (AvgIpc) is 3.27. The third-order valence-electron chi connectivity index (χ3n) is 5.11. The number of fused-ring (bicyclic) bond motifs is 2. The van der Waals surface area contributed by atoms with Crippen LogP contribution in [0.15, 0.2) is 59.4 Å². The molecule has 0 saturated carbocycles. The zero-order valence-corrected chi connectivity index (χ0v) is 15.1. The van der Waals surface area contributed by atoms with Gasteiger partial charge in [0.1, 0.15) is 11.9 Å². The van der Waals surface area contributed by atoms with E-state index in [9.17, 15) is 4.79 Å². The molecule has 6 nitrogen and oxygen atoms in total. The molecule has 0 aliphatic carbocycles. The maximum absolute atomic E-state index is 12.5. The number of H-pyrrole nitrogens is 1. The number of aromatic amines is 1. The number of benzene rings is 2. The largest absolute Gasteiger partial charge is 0.489 e. The van der Waals surface area contributed by atoms with Gasteiger partial charge in [0, 0.05) is 25.2 Å². The second-order valence-electron chi connectivity index (χ2n) is 7.10. The van der Waals surface area contributed by atoms with Crippen LogP contribution in [0.5, 0.6) is 5.75 Å². The number of nitrogens with zero attached hydrogens (tertiary/aromatic N) is 3. The van der Waals surface area contributed by atoms with Crippen molar-refractivity contribution in [2.45, 2.75) is 12.5 Å². The number of rotatable bonds is 3. The Morgan fingerprint density at radius 2 is 2.04 bits per heavy atom. The summed E-state index contributed by atoms with van der Waals surface area (Å²) in [5.74, 6) is 1.34. The molecule has 4 aromatic rings. The van der Waals surface area contributed by atoms with Crippen LogP contribution in [0.3, 0.4) is 0 Å². The van der Waals surface area contributed by atoms with Crippen molar-refractivity contribution in [2.24, 2.45) is 0 Å². The molecule has 1 atom stereocenters. The van der Waals surface area contributed by atoms with Crippen LogP contribution in [0.25, 0.3) is 27.9 Å². The van der Waals surface area contributed by atoms with Crippen molar-refractivity contribution >= 4 is 21.9 Å². The molecule has 1 saturated heterocycles. The maximum atomic E-state index is 12.5. The first-order valence-electron chi connectivity index (χ1n) is 9.13. The van der Waals surface area contributed by atoms with Crippen LogP contribution in [0, 0.1) is 0 Å². The Morgan fingerprint density at radius 1 is 1.15 bits per heavy atom. The smallest absolute Gasteiger partial charge is 0.257 e. The zero-order valence-electron chi connectivity index (χ0n) is 15.1. The lowest BCUT2D eigenvalue weighted by atomic mass is 10.2. The lowest BCUT2D eigenvalue weighted by Gasteiger charge is -2.13. The summed E-state index contributed by atoms with van der Waals surface area (Å²) in [6, 6.07) is 17.0. The van der Waals surface area contributed by atoms with Gasteiger partial charge in [-0.1, -0.05) is 18.2 Å². The number of hydrogen-bond acceptors (Lipinski definition) is 4. The van der Waals surface area contributed by atoms with Crippen LogP contribution in [-0.4, -0.2) is 45.7 Å². The van der Waals surface area contributed by atoms with Crippen LogP contribution in [0.4, 0.5) is 0 Å². The van der Waals surface area contributed by atoms with E-state index in [1.165, 1.54) is 0 Å². The number of likely N-dealkylation sites (N-methyl/N-ethyl adjacent to an activating group) is 1. The van der Waals surface area contributed by atoms with Crippen molar-refractivity contribution < 1.29 is 4.74 Å². The SMILES string of the molecule is CN1CCC(Oc2ccc3nc(-n4c(=O)ccc5ccccc54)[nH]c3c2)C1. The minimum absolute atomic E-state index is 0.113. The van der Waals surface area contributed by atoms with Crippen molar-refractivity contribution in [1.29, 1.82) is 0 Å². The first kappa shape index (κ1) is 16.1. The summed E-state index contributed by atoms with van der Waals surface area (Å²) < 4.78 is 7.72. The molecule has 1 unspecified atom stereocenters. The van der Waals surface area contributed by atoms with Crippen LogP contribution >= 0.6 is 0 Å². The Morgan fingerprint density at radius 3 is 2.89 bits per heavy atom. The van der Waals surface area contributed by atoms with E-state index in [2.05, 4.69) is 21.9 Å². The van der Waals surface area contributed by atoms with E-state index >= 15 is 0 Å². The van der Waals surface area contributed by atoms with Crippen LogP contribution in [-0.2, 0) is 0 Å². The van der Waals surface area contributed by atoms with Crippen LogP contribution in [0.1, 0.15) is 6.42 Å². The predicted molar refractivity (Wildman–Crippen MR) is 106 cm³/mol. The van der Waals surface area contributed by atoms with Gasteiger partial charge in [0.15, 0.2) is 0 Å². The molecule has 3 heterocycles. The van der Waals surface area contributed by atoms with E-state index in [0.29, 0.717) is 5.95 Å². The third-order valence-corrected chi connectivity index (χ3v) is 5.11. The molecule has 136 valence electrons. The molecule has 2 aromatic carbocycles. The topological polar surface area (TPSA) is 63.1 Å². The van der Waals surface area contributed by atoms with Gasteiger partial charge in [-0.2, -0.15) is 0 Å². The Bertz CT molecular complexity index is 1190. The number of likely N-dealkylation sites (tertiary alicyclic amines) is 1. The van der Waals surface area contributed by atoms with E-state index in [-0.39, 0.29) is 11.7 Å². The molecule has 27 heavy (non-hydrogen) atoms. The van der Waals surface area contributed by atoms with Crippen LogP contribution < -0.4 is 10.3 Å². The molecule has 1 fully saturated rings. The van der Waals surface area contributed by atoms with E-state index in [1.807, 2.05) is 48.5 Å². The van der Waals surface area contributed by atoms with Crippen molar-refractivity contribution in [3.63, 3.8) is 0 Å². The summed E-state index contributed by atoms with van der Waals surface area (Å²) in [4.78, 5) is 22.7. The number of ether oxygens (including phenoxy) is 1. The van der Waals surface area contributed by atoms with Crippen LogP contribution in [0.2, 0.25) is 0 Å². The number of para-hydroxylation sites is 1. The Kier molecular flexibility index (Phi) is 3.72. The molecule has 0 bridgehead atoms. The maximum Gasteiger partial charge on any atom is 0.257 e. The first-order valence-corrected chi connectivity index (χ1v) is 9.13. The Balaban J connectivity index is 1.56. The van der Waals surface area contributed by atoms with Gasteiger partial charge in [0.05, 0.1) is 16.6 Å². The van der Waals surface area contributed by atoms with E-state index in [0.717, 1.165) is 47.2 Å². The summed E-state index contributed by atoms with van der Waals surface area (Å²) in [7, 11) is 2.11. The lowest BCUT2D eigenvalue weighted by molar-refractivity contribution is 0.208. The molecular weight excluding hydrogens is 340 g/mol. The summed E-state index contributed by atoms with van der Waals surface area (Å²) in [6.07, 6.45) is 1.25. The normalized spacial score (nSPS) is 17.7. The molecule has 0 amide bonds. The fourth-order valence-electron chi connectivity index (χ4n) is 3.74. The Hall–Kier alpha value is -3.12. The molecule has 1 aliphatic rings. The fourth-order valence-corrected chi connectivity index (χ4v) is 3.74. The highest BCUT2D eigenvalue weighted by molar-refractivity contribution is 5.82. The molecule has 1 aliphatic heterocycles. The highest BCUT2D eigenvalue weighted by Gasteiger charge is 2.21. The van der Waals surface area contributed by atoms with Gasteiger partial charge in [-0.15, -0.1) is 0 Å². The van der Waals surface area contributed by atoms with Crippen molar-refractivity contribution in [1.82, 2.24) is 19.4 Å². The Labute approximate surface area is 156 Å². The monoisotopic (exact) mass is 360 g/mol. The van der Waals surface area contributed by atoms with Gasteiger partial charge in [-0.05, 0) is 43.1 Å². The number of hydrogen-bond donors (Lipinski definition) is 1. The number of nitrogens with one attached hydrogen (secondary N) is 1. The predicted octanol–water partition coefficient (Wildman–Crippen LogP) is 2.95. The molecular formula is C21H20N4O2. The van der Waals surface area contributed by atoms with Gasteiger partial charge in [0.2, 0.25) is 5.95 Å². The quantitative estimate of drug-likeness (QED) is 0.610. The fraction of sp³-hybridized carbons (Fsp3) is 0.238. The van der Waals surface area contributed by atoms with Gasteiger partial charge >= 0.3 is 0 Å². The number of imidazole rings is 1. The van der Waals surface area contributed by atoms with Crippen molar-refractivity contribution in [2.75, 3.05) is 20.1 Å². The highest BCUT2D eigenvalue weighted by atomic mass is 16.5. The zero-order chi connectivity index (χ0) is 18.4. The van der Waals surface area contributed by atoms with Crippen molar-refractivity contribution in [3.05, 3.63) is 65.0 Å². The second-order valence-corrected chi connectivity index (χ2v) is 7.10. The van der Waals surface area contributed by atoms with E-state index < -0.39 is 0 Å². The average molecular weight is 360 g/mol. The van der Waals surface area contributed by atoms with Crippen molar-refractivity contribution in [3.8, 4) is 11.7 Å². The highest BCUT2D eigenvalue weighted by Crippen LogP contribution is 2.24. The van der Waals surface area contributed by atoms with E-state index in [4.69, 9.17) is 4.74 Å². The first-order chi connectivity index (χ1) is 13.2. The third kappa shape index (κ3) is 2.88. The minimum Gasteiger partial charge on any atom is -0.489 e. The molecule has 1 N–H and O–H groups in total. The summed E-state index contributed by atoms with van der Waals surface area (Å²) in [5.41, 5.74) is 2.38. The van der Waals surface area contributed by atoms with E-state index in [1.54, 1.807) is 10.6 Å². The van der Waals surface area contributed by atoms with Gasteiger partial charge in [-0.3, -0.25) is 4.79 Å². The van der Waals surface area contributed by atoms with Gasteiger partial charge < -0.3 is 14.6 Å². The number of aromatic nitrogens is 3. The number of pyridine rings is 1. The molecule has 6 heteroatoms. The standard InChI is InChI=1S/C21H20N4O2/c1-24-11-10-16(13-24)27-15-7-8-17-18(12-15)23-21(22-17)25-19-5-3-2-4-14(19)6-9-20(25)26/h2-9,12,16H,10-11,13H2,1H3,(H,22,23). The molecule has 5 rings (SSSR count). The molecule has 0 radical (unpaired) electrons. The summed E-state index contributed by atoms with van der Waals surface area (Å²) in [6.45, 7) is 2.00.